The molecule has 148 valence electrons. The van der Waals surface area contributed by atoms with Crippen molar-refractivity contribution in [2.75, 3.05) is 18.6 Å². The second-order valence-corrected chi connectivity index (χ2v) is 8.04. The lowest BCUT2D eigenvalue weighted by atomic mass is 10.0. The second-order valence-electron chi connectivity index (χ2n) is 5.59. The summed E-state index contributed by atoms with van der Waals surface area (Å²) in [6.07, 6.45) is 0. The Morgan fingerprint density at radius 2 is 2.29 bits per heavy atom. The lowest BCUT2D eigenvalue weighted by Crippen LogP contribution is -2.71. The molecule has 1 saturated heterocycles. The summed E-state index contributed by atoms with van der Waals surface area (Å²) in [5.74, 6) is -2.32. The number of nitrogens with two attached hydrogens (primary N) is 1. The first-order valence-electron chi connectivity index (χ1n) is 7.65. The number of hydrogen-bond donors (Lipinski definition) is 3. The van der Waals surface area contributed by atoms with Gasteiger partial charge in [-0.05, 0) is 0 Å². The first-order valence-corrected chi connectivity index (χ1v) is 9.96. The topological polar surface area (TPSA) is 147 Å². The van der Waals surface area contributed by atoms with Crippen molar-refractivity contribution in [2.24, 2.45) is 5.16 Å². The molecule has 2 atom stereocenters. The van der Waals surface area contributed by atoms with Crippen LogP contribution in [0, 0.1) is 0 Å². The van der Waals surface area contributed by atoms with Crippen LogP contribution in [0.15, 0.2) is 33.4 Å². The van der Waals surface area contributed by atoms with Crippen LogP contribution in [0.25, 0.3) is 0 Å². The summed E-state index contributed by atoms with van der Waals surface area (Å²) < 4.78 is 0. The molecular weight excluding hydrogens is 430 g/mol. The molecule has 13 heteroatoms. The van der Waals surface area contributed by atoms with E-state index in [1.54, 1.807) is 0 Å². The van der Waals surface area contributed by atoms with Crippen LogP contribution in [0.4, 0.5) is 5.13 Å². The zero-order chi connectivity index (χ0) is 20.6. The fourth-order valence-electron chi connectivity index (χ4n) is 2.73. The van der Waals surface area contributed by atoms with Gasteiger partial charge in [-0.25, -0.2) is 9.78 Å². The Bertz CT molecular complexity index is 943. The summed E-state index contributed by atoms with van der Waals surface area (Å²) in [6.45, 7) is 3.54. The average molecular weight is 444 g/mol. The lowest BCUT2D eigenvalue weighted by Gasteiger charge is -2.49. The Kier molecular flexibility index (Phi) is 5.63. The number of anilines is 1. The summed E-state index contributed by atoms with van der Waals surface area (Å²) >= 11 is 8.25. The van der Waals surface area contributed by atoms with Crippen LogP contribution in [0.2, 0.25) is 0 Å². The van der Waals surface area contributed by atoms with Gasteiger partial charge in [-0.15, -0.1) is 23.1 Å². The minimum atomic E-state index is -1.29. The van der Waals surface area contributed by atoms with E-state index in [1.807, 2.05) is 0 Å². The summed E-state index contributed by atoms with van der Waals surface area (Å²) in [7, 11) is 1.26. The van der Waals surface area contributed by atoms with Gasteiger partial charge in [0, 0.05) is 21.7 Å². The number of carboxylic acids is 1. The van der Waals surface area contributed by atoms with Crippen LogP contribution < -0.4 is 11.1 Å². The maximum Gasteiger partial charge on any atom is 0.353 e. The van der Waals surface area contributed by atoms with E-state index >= 15 is 0 Å². The molecule has 0 saturated carbocycles. The number of β-lactam (4-membered cyclic amide) rings is 1. The molecule has 4 N–H and O–H groups in total. The van der Waals surface area contributed by atoms with Crippen LogP contribution in [0.3, 0.4) is 0 Å². The van der Waals surface area contributed by atoms with Crippen LogP contribution in [-0.4, -0.2) is 62.8 Å². The lowest BCUT2D eigenvalue weighted by molar-refractivity contribution is -0.150. The minimum Gasteiger partial charge on any atom is -0.477 e. The number of thiazole rings is 1. The van der Waals surface area contributed by atoms with Gasteiger partial charge in [-0.2, -0.15) is 0 Å². The molecule has 3 heterocycles. The molecule has 0 aromatic carbocycles. The van der Waals surface area contributed by atoms with E-state index in [-0.39, 0.29) is 38.6 Å². The molecule has 2 amide bonds. The zero-order valence-corrected chi connectivity index (χ0v) is 16.7. The maximum atomic E-state index is 12.6. The number of thioether (sulfide) groups is 1. The second kappa shape index (κ2) is 7.81. The van der Waals surface area contributed by atoms with Gasteiger partial charge >= 0.3 is 5.97 Å². The van der Waals surface area contributed by atoms with Crippen molar-refractivity contribution in [1.29, 1.82) is 0 Å². The van der Waals surface area contributed by atoms with Crippen molar-refractivity contribution in [3.63, 3.8) is 0 Å². The molecule has 0 radical (unpaired) electrons. The molecule has 2 aliphatic rings. The van der Waals surface area contributed by atoms with Gasteiger partial charge in [0.05, 0.1) is 0 Å². The average Bonchev–Trinajstić information content (AvgIpc) is 3.08. The highest BCUT2D eigenvalue weighted by Gasteiger charge is 2.54. The fraction of sp³-hybridized carbons (Fsp3) is 0.267. The molecule has 3 rings (SSSR count). The Morgan fingerprint density at radius 3 is 2.82 bits per heavy atom. The van der Waals surface area contributed by atoms with E-state index in [2.05, 4.69) is 26.9 Å². The largest absolute Gasteiger partial charge is 0.477 e. The van der Waals surface area contributed by atoms with Gasteiger partial charge in [0.25, 0.3) is 11.8 Å². The Hall–Kier alpha value is -2.57. The quantitative estimate of drug-likeness (QED) is 0.328. The number of amides is 2. The number of carboxylic acid groups (broad SMARTS) is 1. The van der Waals surface area contributed by atoms with E-state index in [0.717, 1.165) is 16.2 Å². The standard InChI is InChI=1S/C15H14ClN5O5S2/c1-5(16)6-3-27-13-9(12(23)21(13)10(6)14(24)25)19-11(22)8(20-26-2)7-4-28-15(17)18-7/h4,9,13H,1,3H2,2H3,(H2,17,18)(H,19,22)(H,24,25)/b20-8+/t9?,13-/m1/s1. The van der Waals surface area contributed by atoms with Gasteiger partial charge < -0.3 is 21.0 Å². The fourth-order valence-corrected chi connectivity index (χ4v) is 4.90. The van der Waals surface area contributed by atoms with Crippen LogP contribution >= 0.6 is 34.7 Å². The van der Waals surface area contributed by atoms with Crippen molar-refractivity contribution in [3.05, 3.63) is 34.0 Å². The Balaban J connectivity index is 1.81. The number of aromatic nitrogens is 1. The smallest absolute Gasteiger partial charge is 0.353 e. The summed E-state index contributed by atoms with van der Waals surface area (Å²) in [5.41, 5.74) is 5.68. The first-order chi connectivity index (χ1) is 13.3. The number of nitrogens with zero attached hydrogens (tertiary/aromatic N) is 3. The number of halogens is 1. The van der Waals surface area contributed by atoms with Crippen molar-refractivity contribution in [3.8, 4) is 0 Å². The van der Waals surface area contributed by atoms with E-state index in [9.17, 15) is 19.5 Å². The third kappa shape index (κ3) is 3.45. The molecule has 1 unspecified atom stereocenters. The maximum absolute atomic E-state index is 12.6. The monoisotopic (exact) mass is 443 g/mol. The van der Waals surface area contributed by atoms with Crippen molar-refractivity contribution in [2.45, 2.75) is 11.4 Å². The van der Waals surface area contributed by atoms with Crippen molar-refractivity contribution < 1.29 is 24.3 Å². The Morgan fingerprint density at radius 1 is 1.57 bits per heavy atom. The van der Waals surface area contributed by atoms with Crippen LogP contribution in [0.1, 0.15) is 5.69 Å². The van der Waals surface area contributed by atoms with Crippen LogP contribution in [-0.2, 0) is 19.2 Å². The molecule has 1 aromatic heterocycles. The van der Waals surface area contributed by atoms with E-state index in [4.69, 9.17) is 17.3 Å². The van der Waals surface area contributed by atoms with E-state index in [0.29, 0.717) is 0 Å². The number of allylic oxidation sites excluding steroid dienone is 1. The normalized spacial score (nSPS) is 21.7. The first kappa shape index (κ1) is 20.2. The molecule has 1 fully saturated rings. The number of hydrogen-bond acceptors (Lipinski definition) is 9. The van der Waals surface area contributed by atoms with E-state index < -0.39 is 29.2 Å². The predicted molar refractivity (Wildman–Crippen MR) is 105 cm³/mol. The summed E-state index contributed by atoms with van der Waals surface area (Å²) in [4.78, 5) is 46.5. The van der Waals surface area contributed by atoms with Crippen molar-refractivity contribution >= 4 is 63.3 Å². The molecular formula is C15H14ClN5O5S2. The summed E-state index contributed by atoms with van der Waals surface area (Å²) in [5, 5.41) is 16.9. The van der Waals surface area contributed by atoms with Gasteiger partial charge in [0.1, 0.15) is 29.9 Å². The van der Waals surface area contributed by atoms with Gasteiger partial charge in [-0.1, -0.05) is 23.3 Å². The van der Waals surface area contributed by atoms with Gasteiger partial charge in [-0.3, -0.25) is 14.5 Å². The number of carbonyl (C=O) groups is 3. The van der Waals surface area contributed by atoms with Crippen molar-refractivity contribution in [1.82, 2.24) is 15.2 Å². The predicted octanol–water partition coefficient (Wildman–Crippen LogP) is 0.567. The number of nitrogens with one attached hydrogen (secondary N) is 1. The summed E-state index contributed by atoms with van der Waals surface area (Å²) in [6, 6.07) is -0.935. The highest BCUT2D eigenvalue weighted by atomic mass is 35.5. The number of aliphatic carboxylic acids is 1. The Labute approximate surface area is 172 Å². The third-order valence-corrected chi connectivity index (χ3v) is 6.13. The molecule has 0 aliphatic carbocycles. The molecule has 0 spiro atoms. The minimum absolute atomic E-state index is 0.0549. The highest BCUT2D eigenvalue weighted by Crippen LogP contribution is 2.42. The van der Waals surface area contributed by atoms with Gasteiger partial charge in [0.15, 0.2) is 10.8 Å². The number of carbonyl (C=O) groups excluding carboxylic acids is 2. The molecule has 28 heavy (non-hydrogen) atoms. The number of fused-ring (bicyclic) bond motifs is 1. The number of oxime groups is 1. The highest BCUT2D eigenvalue weighted by molar-refractivity contribution is 8.00. The zero-order valence-electron chi connectivity index (χ0n) is 14.3. The molecule has 0 bridgehead atoms. The molecule has 2 aliphatic heterocycles. The van der Waals surface area contributed by atoms with Crippen LogP contribution in [0.5, 0.6) is 0 Å². The van der Waals surface area contributed by atoms with Gasteiger partial charge in [0.2, 0.25) is 0 Å². The SMILES string of the molecule is C=C(Cl)C1=C(C(=O)O)N2C(=O)C(NC(=O)/C(=N/OC)c3csc(N)n3)[C@H]2SC1. The number of rotatable bonds is 6. The third-order valence-electron chi connectivity index (χ3n) is 3.95. The molecule has 10 nitrogen and oxygen atoms in total. The number of nitrogen functional groups attached to an aromatic ring is 1. The molecule has 1 aromatic rings. The van der Waals surface area contributed by atoms with E-state index in [1.165, 1.54) is 24.3 Å².